The van der Waals surface area contributed by atoms with Gasteiger partial charge in [0, 0.05) is 19.8 Å². The number of aromatic amines is 1. The third kappa shape index (κ3) is 2.27. The normalized spacial score (nSPS) is 11.3. The molecule has 0 radical (unpaired) electrons. The molecular formula is C14H15FN4S. The Hall–Kier alpha value is -1.95. The van der Waals surface area contributed by atoms with Crippen LogP contribution < -0.4 is 0 Å². The van der Waals surface area contributed by atoms with Gasteiger partial charge in [-0.05, 0) is 48.8 Å². The first-order chi connectivity index (χ1) is 9.54. The van der Waals surface area contributed by atoms with Crippen LogP contribution in [-0.4, -0.2) is 19.3 Å². The van der Waals surface area contributed by atoms with Crippen LogP contribution in [0.2, 0.25) is 0 Å². The van der Waals surface area contributed by atoms with Crippen molar-refractivity contribution in [3.8, 4) is 0 Å². The largest absolute Gasteiger partial charge is 0.330 e. The van der Waals surface area contributed by atoms with Gasteiger partial charge in [-0.25, -0.2) is 4.39 Å². The number of nitrogens with zero attached hydrogens (tertiary/aromatic N) is 3. The van der Waals surface area contributed by atoms with Gasteiger partial charge in [-0.1, -0.05) is 0 Å². The standard InChI is InChI=1S/C14H15FN4S/c1-9-5-13-12(6-11(9)15)17-14(20)19(13)4-3-10-7-16-18(2)8-10/h5-8H,3-4H2,1-2H3,(H,17,20). The monoisotopic (exact) mass is 290 g/mol. The summed E-state index contributed by atoms with van der Waals surface area (Å²) in [5.74, 6) is -0.215. The fourth-order valence-electron chi connectivity index (χ4n) is 2.35. The van der Waals surface area contributed by atoms with E-state index in [0.717, 1.165) is 29.6 Å². The molecule has 0 saturated carbocycles. The Labute approximate surface area is 120 Å². The van der Waals surface area contributed by atoms with E-state index in [1.807, 2.05) is 30.1 Å². The van der Waals surface area contributed by atoms with Gasteiger partial charge in [0.15, 0.2) is 4.77 Å². The zero-order valence-corrected chi connectivity index (χ0v) is 12.2. The minimum atomic E-state index is -0.215. The zero-order chi connectivity index (χ0) is 14.3. The molecule has 3 aromatic rings. The van der Waals surface area contributed by atoms with Crippen molar-refractivity contribution in [2.24, 2.45) is 7.05 Å². The summed E-state index contributed by atoms with van der Waals surface area (Å²) >= 11 is 5.32. The predicted molar refractivity (Wildman–Crippen MR) is 78.7 cm³/mol. The lowest BCUT2D eigenvalue weighted by Crippen LogP contribution is -2.01. The lowest BCUT2D eigenvalue weighted by molar-refractivity contribution is 0.620. The lowest BCUT2D eigenvalue weighted by atomic mass is 10.2. The van der Waals surface area contributed by atoms with Crippen molar-refractivity contribution in [2.75, 3.05) is 0 Å². The van der Waals surface area contributed by atoms with E-state index in [0.29, 0.717) is 10.3 Å². The number of imidazole rings is 1. The summed E-state index contributed by atoms with van der Waals surface area (Å²) in [6, 6.07) is 3.33. The maximum absolute atomic E-state index is 13.6. The van der Waals surface area contributed by atoms with Gasteiger partial charge in [-0.15, -0.1) is 0 Å². The quantitative estimate of drug-likeness (QED) is 0.753. The molecule has 0 aliphatic rings. The van der Waals surface area contributed by atoms with E-state index in [4.69, 9.17) is 12.2 Å². The van der Waals surface area contributed by atoms with Crippen LogP contribution in [0.15, 0.2) is 24.5 Å². The average Bonchev–Trinajstić information content (AvgIpc) is 2.92. The maximum Gasteiger partial charge on any atom is 0.178 e. The molecule has 0 bridgehead atoms. The molecule has 0 aliphatic carbocycles. The molecule has 0 saturated heterocycles. The van der Waals surface area contributed by atoms with Crippen molar-refractivity contribution in [2.45, 2.75) is 19.9 Å². The highest BCUT2D eigenvalue weighted by atomic mass is 32.1. The van der Waals surface area contributed by atoms with Crippen LogP contribution in [0.4, 0.5) is 4.39 Å². The molecule has 2 aromatic heterocycles. The third-order valence-corrected chi connectivity index (χ3v) is 3.76. The number of benzene rings is 1. The SMILES string of the molecule is Cc1cc2c(cc1F)[nH]c(=S)n2CCc1cnn(C)c1. The number of hydrogen-bond acceptors (Lipinski definition) is 2. The van der Waals surface area contributed by atoms with Gasteiger partial charge in [0.1, 0.15) is 5.82 Å². The van der Waals surface area contributed by atoms with Gasteiger partial charge >= 0.3 is 0 Å². The molecule has 0 unspecified atom stereocenters. The van der Waals surface area contributed by atoms with Crippen LogP contribution in [0.3, 0.4) is 0 Å². The third-order valence-electron chi connectivity index (χ3n) is 3.44. The van der Waals surface area contributed by atoms with Crippen molar-refractivity contribution in [1.29, 1.82) is 0 Å². The number of rotatable bonds is 3. The van der Waals surface area contributed by atoms with Crippen LogP contribution in [0.5, 0.6) is 0 Å². The molecule has 3 rings (SSSR count). The average molecular weight is 290 g/mol. The van der Waals surface area contributed by atoms with Gasteiger partial charge in [0.25, 0.3) is 0 Å². The first-order valence-corrected chi connectivity index (χ1v) is 6.81. The number of halogens is 1. The second-order valence-electron chi connectivity index (χ2n) is 4.97. The zero-order valence-electron chi connectivity index (χ0n) is 11.4. The number of H-pyrrole nitrogens is 1. The molecule has 2 heterocycles. The number of hydrogen-bond donors (Lipinski definition) is 1. The molecule has 0 spiro atoms. The highest BCUT2D eigenvalue weighted by Gasteiger charge is 2.08. The maximum atomic E-state index is 13.6. The summed E-state index contributed by atoms with van der Waals surface area (Å²) in [6.45, 7) is 2.51. The lowest BCUT2D eigenvalue weighted by Gasteiger charge is -2.04. The van der Waals surface area contributed by atoms with Crippen molar-refractivity contribution in [3.63, 3.8) is 0 Å². The van der Waals surface area contributed by atoms with Crippen LogP contribution in [0.25, 0.3) is 11.0 Å². The van der Waals surface area contributed by atoms with Crippen LogP contribution in [-0.2, 0) is 20.0 Å². The van der Waals surface area contributed by atoms with Crippen LogP contribution in [0.1, 0.15) is 11.1 Å². The van der Waals surface area contributed by atoms with Gasteiger partial charge in [-0.3, -0.25) is 4.68 Å². The van der Waals surface area contributed by atoms with E-state index < -0.39 is 0 Å². The van der Waals surface area contributed by atoms with Crippen molar-refractivity contribution >= 4 is 23.3 Å². The Balaban J connectivity index is 1.96. The van der Waals surface area contributed by atoms with Crippen molar-refractivity contribution in [3.05, 3.63) is 46.2 Å². The van der Waals surface area contributed by atoms with E-state index in [2.05, 4.69) is 10.1 Å². The number of aromatic nitrogens is 4. The van der Waals surface area contributed by atoms with Crippen LogP contribution >= 0.6 is 12.2 Å². The molecule has 1 aromatic carbocycles. The van der Waals surface area contributed by atoms with Crippen molar-refractivity contribution < 1.29 is 4.39 Å². The van der Waals surface area contributed by atoms with Gasteiger partial charge < -0.3 is 9.55 Å². The molecule has 0 atom stereocenters. The predicted octanol–water partition coefficient (Wildman–Crippen LogP) is 3.12. The second-order valence-corrected chi connectivity index (χ2v) is 5.36. The highest BCUT2D eigenvalue weighted by Crippen LogP contribution is 2.19. The molecule has 0 amide bonds. The molecule has 1 N–H and O–H groups in total. The van der Waals surface area contributed by atoms with Crippen LogP contribution in [0, 0.1) is 17.5 Å². The van der Waals surface area contributed by atoms with Gasteiger partial charge in [-0.2, -0.15) is 5.10 Å². The summed E-state index contributed by atoms with van der Waals surface area (Å²) in [5.41, 5.74) is 3.46. The number of nitrogens with one attached hydrogen (secondary N) is 1. The molecular weight excluding hydrogens is 275 g/mol. The fourth-order valence-corrected chi connectivity index (χ4v) is 2.65. The van der Waals surface area contributed by atoms with Gasteiger partial charge in [0.05, 0.1) is 17.2 Å². The minimum absolute atomic E-state index is 0.215. The van der Waals surface area contributed by atoms with Crippen molar-refractivity contribution in [1.82, 2.24) is 19.3 Å². The smallest absolute Gasteiger partial charge is 0.178 e. The van der Waals surface area contributed by atoms with E-state index in [1.165, 1.54) is 6.07 Å². The minimum Gasteiger partial charge on any atom is -0.330 e. The van der Waals surface area contributed by atoms with E-state index in [-0.39, 0.29) is 5.82 Å². The molecule has 104 valence electrons. The Morgan fingerprint density at radius 3 is 2.90 bits per heavy atom. The van der Waals surface area contributed by atoms with Gasteiger partial charge in [0.2, 0.25) is 0 Å². The summed E-state index contributed by atoms with van der Waals surface area (Å²) in [7, 11) is 1.90. The second kappa shape index (κ2) is 4.86. The molecule has 4 nitrogen and oxygen atoms in total. The first kappa shape index (κ1) is 13.1. The topological polar surface area (TPSA) is 38.5 Å². The molecule has 0 fully saturated rings. The van der Waals surface area contributed by atoms with E-state index in [9.17, 15) is 4.39 Å². The Kier molecular flexibility index (Phi) is 3.17. The molecule has 6 heteroatoms. The molecule has 20 heavy (non-hydrogen) atoms. The Morgan fingerprint density at radius 1 is 1.40 bits per heavy atom. The number of aryl methyl sites for hydroxylation is 4. The number of fused-ring (bicyclic) bond motifs is 1. The summed E-state index contributed by atoms with van der Waals surface area (Å²) in [5, 5.41) is 4.15. The first-order valence-electron chi connectivity index (χ1n) is 6.41. The molecule has 0 aliphatic heterocycles. The van der Waals surface area contributed by atoms with E-state index in [1.54, 1.807) is 11.6 Å². The fraction of sp³-hybridized carbons (Fsp3) is 0.286. The summed E-state index contributed by atoms with van der Waals surface area (Å²) in [4.78, 5) is 3.05. The Morgan fingerprint density at radius 2 is 2.20 bits per heavy atom. The highest BCUT2D eigenvalue weighted by molar-refractivity contribution is 7.71. The van der Waals surface area contributed by atoms with E-state index >= 15 is 0 Å². The Bertz CT molecular complexity index is 827. The summed E-state index contributed by atoms with van der Waals surface area (Å²) < 4.78 is 18.0. The summed E-state index contributed by atoms with van der Waals surface area (Å²) in [6.07, 6.45) is 4.68.